The van der Waals surface area contributed by atoms with Crippen LogP contribution in [0.2, 0.25) is 5.02 Å². The number of benzene rings is 1. The molecule has 0 aliphatic carbocycles. The van der Waals surface area contributed by atoms with Gasteiger partial charge in [-0.2, -0.15) is 5.26 Å². The fraction of sp³-hybridized carbons (Fsp3) is 0.364. The molecule has 1 aromatic carbocycles. The Morgan fingerprint density at radius 1 is 1.36 bits per heavy atom. The molecule has 2 nitrogen and oxygen atoms in total. The quantitative estimate of drug-likeness (QED) is 0.711. The molecule has 3 heteroatoms. The van der Waals surface area contributed by atoms with Gasteiger partial charge in [-0.1, -0.05) is 23.7 Å². The summed E-state index contributed by atoms with van der Waals surface area (Å²) in [6, 6.07) is 9.93. The highest BCUT2D eigenvalue weighted by Gasteiger charge is 1.98. The molecule has 0 unspecified atom stereocenters. The van der Waals surface area contributed by atoms with E-state index < -0.39 is 0 Å². The number of rotatable bonds is 4. The van der Waals surface area contributed by atoms with Crippen LogP contribution in [0.5, 0.6) is 0 Å². The van der Waals surface area contributed by atoms with Crippen LogP contribution in [0, 0.1) is 11.3 Å². The Labute approximate surface area is 89.7 Å². The van der Waals surface area contributed by atoms with E-state index in [0.29, 0.717) is 6.54 Å². The largest absolute Gasteiger partial charge is 0.293 e. The number of nitriles is 1. The van der Waals surface area contributed by atoms with Crippen LogP contribution in [0.1, 0.15) is 5.56 Å². The van der Waals surface area contributed by atoms with Crippen molar-refractivity contribution in [1.82, 2.24) is 4.90 Å². The maximum Gasteiger partial charge on any atom is 0.0863 e. The first-order valence-corrected chi connectivity index (χ1v) is 4.90. The van der Waals surface area contributed by atoms with E-state index in [9.17, 15) is 0 Å². The molecule has 0 fully saturated rings. The van der Waals surface area contributed by atoms with Crippen LogP contribution in [-0.4, -0.2) is 25.0 Å². The van der Waals surface area contributed by atoms with Gasteiger partial charge in [-0.15, -0.1) is 0 Å². The number of hydrogen-bond acceptors (Lipinski definition) is 2. The van der Waals surface area contributed by atoms with Gasteiger partial charge in [0.05, 0.1) is 12.6 Å². The molecule has 0 aliphatic rings. The number of nitrogens with zero attached hydrogens (tertiary/aromatic N) is 2. The molecule has 0 spiro atoms. The van der Waals surface area contributed by atoms with Gasteiger partial charge in [0.1, 0.15) is 0 Å². The summed E-state index contributed by atoms with van der Waals surface area (Å²) >= 11 is 5.77. The summed E-state index contributed by atoms with van der Waals surface area (Å²) in [7, 11) is 1.94. The van der Waals surface area contributed by atoms with E-state index in [1.54, 1.807) is 0 Å². The van der Waals surface area contributed by atoms with Crippen molar-refractivity contribution in [2.75, 3.05) is 20.1 Å². The minimum absolute atomic E-state index is 0.480. The first-order chi connectivity index (χ1) is 6.72. The Hall–Kier alpha value is -1.04. The molecule has 0 amide bonds. The second-order valence-electron chi connectivity index (χ2n) is 3.27. The standard InChI is InChI=1S/C11H13ClN2/c1-14(9-7-13)8-6-10-2-4-11(12)5-3-10/h2-5H,6,8-9H2,1H3. The summed E-state index contributed by atoms with van der Waals surface area (Å²) in [6.45, 7) is 1.38. The van der Waals surface area contributed by atoms with Crippen molar-refractivity contribution in [3.8, 4) is 6.07 Å². The van der Waals surface area contributed by atoms with E-state index in [4.69, 9.17) is 16.9 Å². The van der Waals surface area contributed by atoms with Crippen molar-refractivity contribution in [3.63, 3.8) is 0 Å². The van der Waals surface area contributed by atoms with Crippen LogP contribution in [0.15, 0.2) is 24.3 Å². The SMILES string of the molecule is CN(CC#N)CCc1ccc(Cl)cc1. The Bertz CT molecular complexity index is 313. The Kier molecular flexibility index (Phi) is 4.45. The molecule has 0 saturated carbocycles. The molecule has 0 heterocycles. The minimum Gasteiger partial charge on any atom is -0.293 e. The molecule has 0 radical (unpaired) electrons. The van der Waals surface area contributed by atoms with Crippen molar-refractivity contribution in [1.29, 1.82) is 5.26 Å². The summed E-state index contributed by atoms with van der Waals surface area (Å²) in [5.74, 6) is 0. The third kappa shape index (κ3) is 3.78. The molecule has 1 rings (SSSR count). The van der Waals surface area contributed by atoms with E-state index in [0.717, 1.165) is 18.0 Å². The van der Waals surface area contributed by atoms with E-state index >= 15 is 0 Å². The van der Waals surface area contributed by atoms with E-state index in [-0.39, 0.29) is 0 Å². The first kappa shape index (κ1) is 11.0. The highest BCUT2D eigenvalue weighted by atomic mass is 35.5. The third-order valence-electron chi connectivity index (χ3n) is 2.04. The average Bonchev–Trinajstić information content (AvgIpc) is 2.17. The molecular weight excluding hydrogens is 196 g/mol. The smallest absolute Gasteiger partial charge is 0.0863 e. The van der Waals surface area contributed by atoms with Crippen molar-refractivity contribution in [3.05, 3.63) is 34.9 Å². The van der Waals surface area contributed by atoms with Crippen LogP contribution in [0.3, 0.4) is 0 Å². The van der Waals surface area contributed by atoms with Crippen LogP contribution in [0.25, 0.3) is 0 Å². The lowest BCUT2D eigenvalue weighted by Crippen LogP contribution is -2.21. The Morgan fingerprint density at radius 2 is 2.00 bits per heavy atom. The van der Waals surface area contributed by atoms with Crippen LogP contribution >= 0.6 is 11.6 Å². The van der Waals surface area contributed by atoms with Crippen molar-refractivity contribution >= 4 is 11.6 Å². The molecule has 0 saturated heterocycles. The monoisotopic (exact) mass is 208 g/mol. The molecule has 1 aromatic rings. The molecule has 0 aromatic heterocycles. The average molecular weight is 209 g/mol. The molecule has 0 N–H and O–H groups in total. The van der Waals surface area contributed by atoms with Gasteiger partial charge in [0.2, 0.25) is 0 Å². The Balaban J connectivity index is 2.39. The zero-order chi connectivity index (χ0) is 10.4. The molecule has 74 valence electrons. The molecule has 14 heavy (non-hydrogen) atoms. The van der Waals surface area contributed by atoms with Gasteiger partial charge in [-0.25, -0.2) is 0 Å². The van der Waals surface area contributed by atoms with E-state index in [2.05, 4.69) is 6.07 Å². The van der Waals surface area contributed by atoms with Gasteiger partial charge in [0.15, 0.2) is 0 Å². The lowest BCUT2D eigenvalue weighted by atomic mass is 10.1. The van der Waals surface area contributed by atoms with Crippen molar-refractivity contribution < 1.29 is 0 Å². The van der Waals surface area contributed by atoms with E-state index in [1.165, 1.54) is 5.56 Å². The summed E-state index contributed by atoms with van der Waals surface area (Å²) in [5, 5.41) is 9.22. The second-order valence-corrected chi connectivity index (χ2v) is 3.71. The normalized spacial score (nSPS) is 10.1. The molecular formula is C11H13ClN2. The summed E-state index contributed by atoms with van der Waals surface area (Å²) in [6.07, 6.45) is 0.954. The number of halogens is 1. The first-order valence-electron chi connectivity index (χ1n) is 4.52. The lowest BCUT2D eigenvalue weighted by Gasteiger charge is -2.11. The third-order valence-corrected chi connectivity index (χ3v) is 2.29. The molecule has 0 atom stereocenters. The van der Waals surface area contributed by atoms with Gasteiger partial charge in [0.25, 0.3) is 0 Å². The van der Waals surface area contributed by atoms with Crippen LogP contribution in [-0.2, 0) is 6.42 Å². The van der Waals surface area contributed by atoms with Crippen molar-refractivity contribution in [2.45, 2.75) is 6.42 Å². The zero-order valence-corrected chi connectivity index (χ0v) is 8.96. The predicted molar refractivity (Wildman–Crippen MR) is 58.3 cm³/mol. The van der Waals surface area contributed by atoms with Gasteiger partial charge in [0, 0.05) is 11.6 Å². The fourth-order valence-electron chi connectivity index (χ4n) is 1.17. The minimum atomic E-state index is 0.480. The lowest BCUT2D eigenvalue weighted by molar-refractivity contribution is 0.379. The highest BCUT2D eigenvalue weighted by Crippen LogP contribution is 2.09. The van der Waals surface area contributed by atoms with Gasteiger partial charge < -0.3 is 0 Å². The van der Waals surface area contributed by atoms with Crippen LogP contribution < -0.4 is 0 Å². The van der Waals surface area contributed by atoms with Gasteiger partial charge >= 0.3 is 0 Å². The summed E-state index contributed by atoms with van der Waals surface area (Å²) < 4.78 is 0. The molecule has 0 aliphatic heterocycles. The van der Waals surface area contributed by atoms with Gasteiger partial charge in [-0.3, -0.25) is 4.90 Å². The topological polar surface area (TPSA) is 27.0 Å². The predicted octanol–water partition coefficient (Wildman–Crippen LogP) is 2.34. The van der Waals surface area contributed by atoms with Crippen LogP contribution in [0.4, 0.5) is 0 Å². The van der Waals surface area contributed by atoms with Gasteiger partial charge in [-0.05, 0) is 31.2 Å². The maximum absolute atomic E-state index is 8.46. The number of likely N-dealkylation sites (N-methyl/N-ethyl adjacent to an activating group) is 1. The summed E-state index contributed by atoms with van der Waals surface area (Å²) in [4.78, 5) is 1.99. The second kappa shape index (κ2) is 5.64. The highest BCUT2D eigenvalue weighted by molar-refractivity contribution is 6.30. The summed E-state index contributed by atoms with van der Waals surface area (Å²) in [5.41, 5.74) is 1.25. The fourth-order valence-corrected chi connectivity index (χ4v) is 1.30. The zero-order valence-electron chi connectivity index (χ0n) is 8.20. The number of hydrogen-bond donors (Lipinski definition) is 0. The van der Waals surface area contributed by atoms with Crippen molar-refractivity contribution in [2.24, 2.45) is 0 Å². The maximum atomic E-state index is 8.46. The van der Waals surface area contributed by atoms with E-state index in [1.807, 2.05) is 36.2 Å². The Morgan fingerprint density at radius 3 is 2.57 bits per heavy atom. The molecule has 0 bridgehead atoms.